The molecular formula is C10H11N5O. The van der Waals surface area contributed by atoms with Crippen LogP contribution >= 0.6 is 0 Å². The summed E-state index contributed by atoms with van der Waals surface area (Å²) in [6.45, 7) is 0. The summed E-state index contributed by atoms with van der Waals surface area (Å²) < 4.78 is 5.09. The van der Waals surface area contributed by atoms with E-state index in [0.717, 1.165) is 0 Å². The van der Waals surface area contributed by atoms with Gasteiger partial charge in [0.2, 0.25) is 5.88 Å². The monoisotopic (exact) mass is 217 g/mol. The molecular weight excluding hydrogens is 206 g/mol. The van der Waals surface area contributed by atoms with Crippen molar-refractivity contribution in [3.8, 4) is 5.88 Å². The van der Waals surface area contributed by atoms with Crippen LogP contribution in [0.25, 0.3) is 0 Å². The minimum atomic E-state index is -0.489. The van der Waals surface area contributed by atoms with E-state index in [2.05, 4.69) is 19.9 Å². The summed E-state index contributed by atoms with van der Waals surface area (Å²) in [5.74, 6) is 0.403. The molecule has 0 saturated heterocycles. The first-order valence-corrected chi connectivity index (χ1v) is 4.69. The van der Waals surface area contributed by atoms with Crippen molar-refractivity contribution in [1.82, 2.24) is 19.9 Å². The van der Waals surface area contributed by atoms with Gasteiger partial charge in [-0.05, 0) is 0 Å². The Morgan fingerprint density at radius 3 is 2.56 bits per heavy atom. The number of hydrogen-bond donors (Lipinski definition) is 1. The number of nitrogens with two attached hydrogens (primary N) is 1. The number of hydrogen-bond acceptors (Lipinski definition) is 6. The van der Waals surface area contributed by atoms with Gasteiger partial charge in [0.25, 0.3) is 0 Å². The van der Waals surface area contributed by atoms with Crippen LogP contribution in [0.3, 0.4) is 0 Å². The Morgan fingerprint density at radius 1 is 1.12 bits per heavy atom. The summed E-state index contributed by atoms with van der Waals surface area (Å²) in [6, 6.07) is -0.489. The number of nitrogens with zero attached hydrogens (tertiary/aromatic N) is 4. The molecule has 2 rings (SSSR count). The zero-order valence-electron chi connectivity index (χ0n) is 8.74. The standard InChI is InChI=1S/C10H11N5O/c1-16-10-9(14-4-5-15-10)8(11)7-6-12-2-3-13-7/h2-6,8H,11H2,1H3. The first kappa shape index (κ1) is 10.4. The maximum absolute atomic E-state index is 6.01. The third kappa shape index (κ3) is 1.96. The third-order valence-corrected chi connectivity index (χ3v) is 2.08. The minimum absolute atomic E-state index is 0.403. The lowest BCUT2D eigenvalue weighted by molar-refractivity contribution is 0.386. The Hall–Kier alpha value is -2.08. The highest BCUT2D eigenvalue weighted by molar-refractivity contribution is 5.27. The van der Waals surface area contributed by atoms with Gasteiger partial charge >= 0.3 is 0 Å². The van der Waals surface area contributed by atoms with Crippen LogP contribution < -0.4 is 10.5 Å². The average Bonchev–Trinajstić information content (AvgIpc) is 2.39. The second-order valence-corrected chi connectivity index (χ2v) is 3.06. The SMILES string of the molecule is COc1nccnc1C(N)c1cnccn1. The second kappa shape index (κ2) is 4.63. The molecule has 0 radical (unpaired) electrons. The fraction of sp³-hybridized carbons (Fsp3) is 0.200. The van der Waals surface area contributed by atoms with Crippen LogP contribution in [-0.4, -0.2) is 27.0 Å². The smallest absolute Gasteiger partial charge is 0.237 e. The molecule has 1 atom stereocenters. The lowest BCUT2D eigenvalue weighted by Gasteiger charge is -2.11. The van der Waals surface area contributed by atoms with E-state index in [1.807, 2.05) is 0 Å². The molecule has 6 heteroatoms. The Kier molecular flexibility index (Phi) is 3.02. The molecule has 0 fully saturated rings. The topological polar surface area (TPSA) is 86.8 Å². The predicted molar refractivity (Wildman–Crippen MR) is 56.6 cm³/mol. The van der Waals surface area contributed by atoms with Crippen LogP contribution in [-0.2, 0) is 0 Å². The molecule has 2 heterocycles. The van der Waals surface area contributed by atoms with Gasteiger partial charge < -0.3 is 10.5 Å². The van der Waals surface area contributed by atoms with Gasteiger partial charge in [-0.15, -0.1) is 0 Å². The number of rotatable bonds is 3. The maximum Gasteiger partial charge on any atom is 0.237 e. The molecule has 0 aliphatic rings. The molecule has 0 saturated carbocycles. The third-order valence-electron chi connectivity index (χ3n) is 2.08. The highest BCUT2D eigenvalue weighted by Gasteiger charge is 2.17. The van der Waals surface area contributed by atoms with Crippen LogP contribution in [0.2, 0.25) is 0 Å². The van der Waals surface area contributed by atoms with Gasteiger partial charge in [0.1, 0.15) is 5.69 Å². The highest BCUT2D eigenvalue weighted by atomic mass is 16.5. The molecule has 1 unspecified atom stereocenters. The van der Waals surface area contributed by atoms with Crippen molar-refractivity contribution in [3.05, 3.63) is 42.4 Å². The first-order valence-electron chi connectivity index (χ1n) is 4.69. The van der Waals surface area contributed by atoms with Crippen LogP contribution in [0.1, 0.15) is 17.4 Å². The van der Waals surface area contributed by atoms with Crippen molar-refractivity contribution in [1.29, 1.82) is 0 Å². The summed E-state index contributed by atoms with van der Waals surface area (Å²) >= 11 is 0. The van der Waals surface area contributed by atoms with Gasteiger partial charge in [-0.25, -0.2) is 4.98 Å². The average molecular weight is 217 g/mol. The van der Waals surface area contributed by atoms with Crippen LogP contribution in [0.15, 0.2) is 31.0 Å². The van der Waals surface area contributed by atoms with E-state index in [4.69, 9.17) is 10.5 Å². The number of ether oxygens (including phenoxy) is 1. The highest BCUT2D eigenvalue weighted by Crippen LogP contribution is 2.21. The summed E-state index contributed by atoms with van der Waals surface area (Å²) in [7, 11) is 1.52. The first-order chi connectivity index (χ1) is 7.83. The van der Waals surface area contributed by atoms with Crippen molar-refractivity contribution < 1.29 is 4.74 Å². The van der Waals surface area contributed by atoms with Crippen molar-refractivity contribution >= 4 is 0 Å². The van der Waals surface area contributed by atoms with E-state index in [1.165, 1.54) is 7.11 Å². The van der Waals surface area contributed by atoms with E-state index >= 15 is 0 Å². The zero-order chi connectivity index (χ0) is 11.4. The molecule has 0 aromatic carbocycles. The molecule has 6 nitrogen and oxygen atoms in total. The van der Waals surface area contributed by atoms with Crippen LogP contribution in [0.5, 0.6) is 5.88 Å². The maximum atomic E-state index is 6.01. The minimum Gasteiger partial charge on any atom is -0.480 e. The van der Waals surface area contributed by atoms with E-state index in [0.29, 0.717) is 17.3 Å². The molecule has 2 aromatic heterocycles. The van der Waals surface area contributed by atoms with Gasteiger partial charge in [-0.1, -0.05) is 0 Å². The molecule has 0 aliphatic heterocycles. The number of methoxy groups -OCH3 is 1. The van der Waals surface area contributed by atoms with Crippen LogP contribution in [0.4, 0.5) is 0 Å². The second-order valence-electron chi connectivity index (χ2n) is 3.06. The molecule has 82 valence electrons. The van der Waals surface area contributed by atoms with E-state index < -0.39 is 6.04 Å². The fourth-order valence-corrected chi connectivity index (χ4v) is 1.32. The van der Waals surface area contributed by atoms with Gasteiger partial charge in [0.05, 0.1) is 25.0 Å². The quantitative estimate of drug-likeness (QED) is 0.796. The Balaban J connectivity index is 2.37. The van der Waals surface area contributed by atoms with Crippen molar-refractivity contribution in [3.63, 3.8) is 0 Å². The largest absolute Gasteiger partial charge is 0.480 e. The summed E-state index contributed by atoms with van der Waals surface area (Å²) in [6.07, 6.45) is 7.88. The zero-order valence-corrected chi connectivity index (χ0v) is 8.74. The van der Waals surface area contributed by atoms with E-state index in [1.54, 1.807) is 31.0 Å². The normalized spacial score (nSPS) is 12.1. The van der Waals surface area contributed by atoms with E-state index in [9.17, 15) is 0 Å². The fourth-order valence-electron chi connectivity index (χ4n) is 1.32. The van der Waals surface area contributed by atoms with Crippen molar-refractivity contribution in [2.24, 2.45) is 5.73 Å². The summed E-state index contributed by atoms with van der Waals surface area (Å²) in [5, 5.41) is 0. The molecule has 2 aromatic rings. The van der Waals surface area contributed by atoms with Gasteiger partial charge in [-0.2, -0.15) is 0 Å². The molecule has 16 heavy (non-hydrogen) atoms. The lowest BCUT2D eigenvalue weighted by atomic mass is 10.1. The molecule has 2 N–H and O–H groups in total. The Labute approximate surface area is 92.6 Å². The van der Waals surface area contributed by atoms with Crippen LogP contribution in [0, 0.1) is 0 Å². The molecule has 0 amide bonds. The molecule has 0 spiro atoms. The molecule has 0 aliphatic carbocycles. The summed E-state index contributed by atoms with van der Waals surface area (Å²) in [5.41, 5.74) is 7.18. The van der Waals surface area contributed by atoms with Gasteiger partial charge in [0.15, 0.2) is 0 Å². The van der Waals surface area contributed by atoms with E-state index in [-0.39, 0.29) is 0 Å². The Bertz CT molecular complexity index is 462. The van der Waals surface area contributed by atoms with Gasteiger partial charge in [-0.3, -0.25) is 15.0 Å². The Morgan fingerprint density at radius 2 is 1.88 bits per heavy atom. The predicted octanol–water partition coefficient (Wildman–Crippen LogP) is 0.323. The summed E-state index contributed by atoms with van der Waals surface area (Å²) in [4.78, 5) is 16.3. The lowest BCUT2D eigenvalue weighted by Crippen LogP contribution is -2.16. The van der Waals surface area contributed by atoms with Crippen molar-refractivity contribution in [2.75, 3.05) is 7.11 Å². The number of aromatic nitrogens is 4. The van der Waals surface area contributed by atoms with Gasteiger partial charge in [0, 0.05) is 24.8 Å². The molecule has 0 bridgehead atoms. The van der Waals surface area contributed by atoms with Crippen molar-refractivity contribution in [2.45, 2.75) is 6.04 Å².